The third kappa shape index (κ3) is 4.79. The van der Waals surface area contributed by atoms with Gasteiger partial charge in [0.25, 0.3) is 5.91 Å². The van der Waals surface area contributed by atoms with Crippen LogP contribution in [0.2, 0.25) is 10.0 Å². The Kier molecular flexibility index (Phi) is 6.35. The first-order valence-corrected chi connectivity index (χ1v) is 11.0. The van der Waals surface area contributed by atoms with E-state index in [1.165, 1.54) is 0 Å². The minimum atomic E-state index is 0.0508. The number of ether oxygens (including phenoxy) is 1. The van der Waals surface area contributed by atoms with E-state index in [1.54, 1.807) is 12.1 Å². The van der Waals surface area contributed by atoms with Crippen molar-refractivity contribution >= 4 is 46.4 Å². The van der Waals surface area contributed by atoms with Crippen molar-refractivity contribution in [2.75, 3.05) is 11.4 Å². The molecule has 0 N–H and O–H groups in total. The fourth-order valence-corrected chi connectivity index (χ4v) is 3.94. The number of nitrogens with zero attached hydrogens (tertiary/aromatic N) is 1. The van der Waals surface area contributed by atoms with E-state index < -0.39 is 0 Å². The number of hydrogen-bond acceptors (Lipinski definition) is 2. The van der Waals surface area contributed by atoms with E-state index in [9.17, 15) is 4.79 Å². The highest BCUT2D eigenvalue weighted by atomic mass is 35.5. The Bertz CT molecular complexity index is 1140. The average molecular weight is 452 g/mol. The van der Waals surface area contributed by atoms with Crippen LogP contribution in [0.25, 0.3) is 11.6 Å². The van der Waals surface area contributed by atoms with E-state index in [2.05, 4.69) is 13.8 Å². The maximum absolute atomic E-state index is 13.1. The molecule has 0 aromatic heterocycles. The molecule has 3 aromatic carbocycles. The summed E-state index contributed by atoms with van der Waals surface area (Å²) < 4.78 is 5.85. The van der Waals surface area contributed by atoms with Crippen molar-refractivity contribution in [1.29, 1.82) is 0 Å². The first-order valence-electron chi connectivity index (χ1n) is 10.2. The number of hydrogen-bond donors (Lipinski definition) is 0. The number of benzene rings is 3. The van der Waals surface area contributed by atoms with Crippen molar-refractivity contribution in [3.8, 4) is 5.75 Å². The minimum absolute atomic E-state index is 0.0508. The highest BCUT2D eigenvalue weighted by molar-refractivity contribution is 6.42. The van der Waals surface area contributed by atoms with Gasteiger partial charge in [0.2, 0.25) is 0 Å². The van der Waals surface area contributed by atoms with E-state index in [0.29, 0.717) is 29.1 Å². The number of halogens is 2. The number of rotatable bonds is 6. The Balaban J connectivity index is 1.51. The van der Waals surface area contributed by atoms with Crippen molar-refractivity contribution in [3.05, 3.63) is 93.5 Å². The topological polar surface area (TPSA) is 29.5 Å². The second kappa shape index (κ2) is 9.17. The Morgan fingerprint density at radius 2 is 1.71 bits per heavy atom. The molecule has 4 rings (SSSR count). The molecule has 31 heavy (non-hydrogen) atoms. The Morgan fingerprint density at radius 3 is 2.42 bits per heavy atom. The Hall–Kier alpha value is -2.75. The predicted octanol–water partition coefficient (Wildman–Crippen LogP) is 7.12. The van der Waals surface area contributed by atoms with Gasteiger partial charge in [-0.1, -0.05) is 73.4 Å². The minimum Gasteiger partial charge on any atom is -0.489 e. The van der Waals surface area contributed by atoms with Crippen LogP contribution >= 0.6 is 23.2 Å². The van der Waals surface area contributed by atoms with Gasteiger partial charge in [-0.2, -0.15) is 0 Å². The predicted molar refractivity (Wildman–Crippen MR) is 129 cm³/mol. The van der Waals surface area contributed by atoms with E-state index in [-0.39, 0.29) is 5.91 Å². The molecule has 0 saturated carbocycles. The summed E-state index contributed by atoms with van der Waals surface area (Å²) in [5, 5.41) is 1.04. The summed E-state index contributed by atoms with van der Waals surface area (Å²) in [6.45, 7) is 5.34. The summed E-state index contributed by atoms with van der Waals surface area (Å²) in [4.78, 5) is 15.0. The van der Waals surface area contributed by atoms with Gasteiger partial charge < -0.3 is 9.64 Å². The lowest BCUT2D eigenvalue weighted by Crippen LogP contribution is -2.30. The fourth-order valence-electron chi connectivity index (χ4n) is 3.62. The van der Waals surface area contributed by atoms with E-state index in [1.807, 2.05) is 65.6 Å². The van der Waals surface area contributed by atoms with Gasteiger partial charge in [0.1, 0.15) is 12.4 Å². The smallest absolute Gasteiger partial charge is 0.259 e. The second-order valence-electron chi connectivity index (χ2n) is 7.99. The summed E-state index contributed by atoms with van der Waals surface area (Å²) in [6.07, 6.45) is 1.95. The fraction of sp³-hybridized carbons (Fsp3) is 0.192. The normalized spacial score (nSPS) is 14.4. The van der Waals surface area contributed by atoms with Gasteiger partial charge in [-0.05, 0) is 53.5 Å². The maximum atomic E-state index is 13.1. The largest absolute Gasteiger partial charge is 0.489 e. The molecule has 0 aliphatic carbocycles. The lowest BCUT2D eigenvalue weighted by atomic mass is 10.0. The highest BCUT2D eigenvalue weighted by Crippen LogP contribution is 2.38. The lowest BCUT2D eigenvalue weighted by molar-refractivity contribution is -0.113. The summed E-state index contributed by atoms with van der Waals surface area (Å²) >= 11 is 12.0. The van der Waals surface area contributed by atoms with Crippen LogP contribution in [0.3, 0.4) is 0 Å². The van der Waals surface area contributed by atoms with Crippen LogP contribution < -0.4 is 9.64 Å². The van der Waals surface area contributed by atoms with Gasteiger partial charge in [0.15, 0.2) is 0 Å². The molecule has 0 atom stereocenters. The SMILES string of the molecule is CC(C)CN1C(=O)/C(=C\c2ccc(OCc3ccc(Cl)c(Cl)c3)cc2)c2ccccc21. The van der Waals surface area contributed by atoms with E-state index in [0.717, 1.165) is 33.7 Å². The van der Waals surface area contributed by atoms with Crippen LogP contribution in [-0.4, -0.2) is 12.5 Å². The molecule has 0 radical (unpaired) electrons. The van der Waals surface area contributed by atoms with Gasteiger partial charge in [-0.25, -0.2) is 0 Å². The third-order valence-electron chi connectivity index (χ3n) is 5.09. The molecule has 3 nitrogen and oxygen atoms in total. The molecule has 1 heterocycles. The molecule has 1 amide bonds. The van der Waals surface area contributed by atoms with Crippen molar-refractivity contribution in [1.82, 2.24) is 0 Å². The molecule has 0 spiro atoms. The molecule has 5 heteroatoms. The van der Waals surface area contributed by atoms with Crippen LogP contribution in [0, 0.1) is 5.92 Å². The number of para-hydroxylation sites is 1. The molecule has 3 aromatic rings. The standard InChI is InChI=1S/C26H23Cl2NO2/c1-17(2)15-29-25-6-4-3-5-21(25)22(26(29)30)13-18-7-10-20(11-8-18)31-16-19-9-12-23(27)24(28)14-19/h3-14,17H,15-16H2,1-2H3/b22-13-. The highest BCUT2D eigenvalue weighted by Gasteiger charge is 2.32. The molecular formula is C26H23Cl2NO2. The first-order chi connectivity index (χ1) is 14.9. The molecule has 158 valence electrons. The second-order valence-corrected chi connectivity index (χ2v) is 8.81. The summed E-state index contributed by atoms with van der Waals surface area (Å²) in [5.41, 5.74) is 4.58. The number of carbonyl (C=O) groups excluding carboxylic acids is 1. The summed E-state index contributed by atoms with van der Waals surface area (Å²) in [7, 11) is 0. The molecule has 0 fully saturated rings. The summed E-state index contributed by atoms with van der Waals surface area (Å²) in [5.74, 6) is 1.19. The zero-order valence-electron chi connectivity index (χ0n) is 17.4. The lowest BCUT2D eigenvalue weighted by Gasteiger charge is -2.19. The van der Waals surface area contributed by atoms with Crippen molar-refractivity contribution < 1.29 is 9.53 Å². The molecular weight excluding hydrogens is 429 g/mol. The van der Waals surface area contributed by atoms with E-state index >= 15 is 0 Å². The quantitative estimate of drug-likeness (QED) is 0.373. The van der Waals surface area contributed by atoms with Crippen molar-refractivity contribution in [2.45, 2.75) is 20.5 Å². The first kappa shape index (κ1) is 21.5. The Labute approximate surface area is 192 Å². The van der Waals surface area contributed by atoms with Gasteiger partial charge in [-0.15, -0.1) is 0 Å². The van der Waals surface area contributed by atoms with Gasteiger partial charge >= 0.3 is 0 Å². The zero-order chi connectivity index (χ0) is 22.0. The van der Waals surface area contributed by atoms with E-state index in [4.69, 9.17) is 27.9 Å². The van der Waals surface area contributed by atoms with Crippen LogP contribution in [0.1, 0.15) is 30.5 Å². The molecule has 0 unspecified atom stereocenters. The zero-order valence-corrected chi connectivity index (χ0v) is 19.0. The molecule has 0 bridgehead atoms. The summed E-state index contributed by atoms with van der Waals surface area (Å²) in [6, 6.07) is 21.1. The van der Waals surface area contributed by atoms with Crippen molar-refractivity contribution in [3.63, 3.8) is 0 Å². The maximum Gasteiger partial charge on any atom is 0.259 e. The van der Waals surface area contributed by atoms with Crippen molar-refractivity contribution in [2.24, 2.45) is 5.92 Å². The molecule has 0 saturated heterocycles. The number of anilines is 1. The van der Waals surface area contributed by atoms with Crippen LogP contribution in [0.4, 0.5) is 5.69 Å². The molecule has 1 aliphatic heterocycles. The van der Waals surface area contributed by atoms with Crippen LogP contribution in [0.5, 0.6) is 5.75 Å². The Morgan fingerprint density at radius 1 is 0.968 bits per heavy atom. The number of amides is 1. The van der Waals surface area contributed by atoms with Gasteiger partial charge in [0.05, 0.1) is 15.7 Å². The van der Waals surface area contributed by atoms with Gasteiger partial charge in [0, 0.05) is 17.7 Å². The molecule has 1 aliphatic rings. The van der Waals surface area contributed by atoms with Crippen LogP contribution in [-0.2, 0) is 11.4 Å². The average Bonchev–Trinajstić information content (AvgIpc) is 3.01. The van der Waals surface area contributed by atoms with Gasteiger partial charge in [-0.3, -0.25) is 4.79 Å². The third-order valence-corrected chi connectivity index (χ3v) is 5.83. The van der Waals surface area contributed by atoms with Crippen LogP contribution in [0.15, 0.2) is 66.7 Å². The monoisotopic (exact) mass is 451 g/mol. The number of carbonyl (C=O) groups is 1. The number of fused-ring (bicyclic) bond motifs is 1.